The minimum atomic E-state index is 0. The summed E-state index contributed by atoms with van der Waals surface area (Å²) in [6.45, 7) is 9.71. The molecule has 0 amide bonds. The average Bonchev–Trinajstić information content (AvgIpc) is 2.19. The van der Waals surface area contributed by atoms with Crippen LogP contribution in [0.15, 0.2) is 24.6 Å². The molecule has 3 nitrogen and oxygen atoms in total. The van der Waals surface area contributed by atoms with Gasteiger partial charge in [-0.3, -0.25) is 7.05 Å². The maximum absolute atomic E-state index is 3.95. The van der Waals surface area contributed by atoms with Gasteiger partial charge < -0.3 is 43.6 Å². The number of rotatable bonds is 0. The Labute approximate surface area is 161 Å². The molecule has 0 saturated carbocycles. The van der Waals surface area contributed by atoms with E-state index in [2.05, 4.69) is 34.3 Å². The summed E-state index contributed by atoms with van der Waals surface area (Å²) in [6, 6.07) is 0. The van der Waals surface area contributed by atoms with Crippen molar-refractivity contribution >= 4 is 0 Å². The van der Waals surface area contributed by atoms with Gasteiger partial charge in [-0.05, 0) is 13.0 Å². The molecule has 0 atom stereocenters. The second-order valence-corrected chi connectivity index (χ2v) is 3.85. The first-order valence-electron chi connectivity index (χ1n) is 4.84. The molecule has 1 heterocycles. The van der Waals surface area contributed by atoms with Gasteiger partial charge in [0.2, 0.25) is 0 Å². The van der Waals surface area contributed by atoms with Crippen molar-refractivity contribution in [2.24, 2.45) is 0 Å². The van der Waals surface area contributed by atoms with E-state index >= 15 is 0 Å². The summed E-state index contributed by atoms with van der Waals surface area (Å²) < 4.78 is 0. The maximum Gasteiger partial charge on any atom is 0.0218 e. The van der Waals surface area contributed by atoms with Gasteiger partial charge in [0.25, 0.3) is 0 Å². The summed E-state index contributed by atoms with van der Waals surface area (Å²) in [5.41, 5.74) is 2.20. The summed E-state index contributed by atoms with van der Waals surface area (Å²) >= 11 is 0. The van der Waals surface area contributed by atoms with Crippen LogP contribution in [0.5, 0.6) is 0 Å². The molecule has 1 fully saturated rings. The molecule has 0 aliphatic carbocycles. The Bertz CT molecular complexity index is 230. The summed E-state index contributed by atoms with van der Waals surface area (Å²) in [4.78, 5) is 5.56. The first-order chi connectivity index (χ1) is 6.84. The molecule has 19 heavy (non-hydrogen) atoms. The standard InChI is InChI=1S/C9H15N2.C3H7N.2CH3.W.Y/c1-8-5-6-10(3)7-9(2)11(8)4;1-4(2)3;;;;/h1-3,5-7H2,4H3;1-2H2,3H3;2*1H3;;/q-1;-2;2*-1;;. The zero-order valence-corrected chi connectivity index (χ0v) is 18.8. The fourth-order valence-corrected chi connectivity index (χ4v) is 1.12. The topological polar surface area (TPSA) is 9.72 Å². The molecular weight excluding hydrogens is 483 g/mol. The minimum Gasteiger partial charge on any atom is -0.613 e. The van der Waals surface area contributed by atoms with Crippen molar-refractivity contribution in [2.75, 3.05) is 27.2 Å². The SMILES string of the molecule is C=C1CCN([CH2-])CC(=C)N1C.[CH2-]N([CH2-])C.[CH3-].[CH3-].[W].[Y]. The van der Waals surface area contributed by atoms with Gasteiger partial charge in [-0.1, -0.05) is 20.2 Å². The minimum absolute atomic E-state index is 0. The molecule has 0 unspecified atom stereocenters. The fraction of sp³-hybridized carbons (Fsp3) is 0.357. The third-order valence-corrected chi connectivity index (χ3v) is 2.07. The third-order valence-electron chi connectivity index (χ3n) is 2.07. The maximum atomic E-state index is 3.95. The molecule has 0 aromatic heterocycles. The Kier molecular flexibility index (Phi) is 28.8. The molecule has 0 aromatic carbocycles. The number of hydrogen-bond donors (Lipinski definition) is 0. The van der Waals surface area contributed by atoms with Crippen molar-refractivity contribution in [2.45, 2.75) is 6.42 Å². The van der Waals surface area contributed by atoms with Crippen LogP contribution in [0.1, 0.15) is 6.42 Å². The van der Waals surface area contributed by atoms with Crippen LogP contribution in [0, 0.1) is 36.0 Å². The second kappa shape index (κ2) is 17.0. The Hall–Kier alpha value is 0.992. The predicted octanol–water partition coefficient (Wildman–Crippen LogP) is 2.84. The summed E-state index contributed by atoms with van der Waals surface area (Å²) in [7, 11) is 14.4. The van der Waals surface area contributed by atoms with E-state index in [1.807, 2.05) is 16.8 Å². The van der Waals surface area contributed by atoms with Crippen LogP contribution in [-0.2, 0) is 53.8 Å². The van der Waals surface area contributed by atoms with Crippen molar-refractivity contribution in [1.82, 2.24) is 14.7 Å². The van der Waals surface area contributed by atoms with Gasteiger partial charge in [0.05, 0.1) is 0 Å². The molecule has 1 aliphatic heterocycles. The predicted molar refractivity (Wildman–Crippen MR) is 78.9 cm³/mol. The van der Waals surface area contributed by atoms with E-state index in [0.29, 0.717) is 0 Å². The Morgan fingerprint density at radius 3 is 1.89 bits per heavy atom. The molecule has 0 bridgehead atoms. The van der Waals surface area contributed by atoms with E-state index in [1.54, 1.807) is 7.05 Å². The molecule has 0 N–H and O–H groups in total. The van der Waals surface area contributed by atoms with E-state index < -0.39 is 0 Å². The molecular formula is C14H28N3WY-5. The van der Waals surface area contributed by atoms with Crippen LogP contribution in [0.25, 0.3) is 0 Å². The van der Waals surface area contributed by atoms with Gasteiger partial charge in [0, 0.05) is 78.8 Å². The van der Waals surface area contributed by atoms with E-state index in [1.165, 1.54) is 4.90 Å². The van der Waals surface area contributed by atoms with Gasteiger partial charge in [-0.15, -0.1) is 0 Å². The number of hydrogen-bond acceptors (Lipinski definition) is 3. The quantitative estimate of drug-likeness (QED) is 0.464. The third kappa shape index (κ3) is 16.9. The van der Waals surface area contributed by atoms with Crippen molar-refractivity contribution < 1.29 is 53.8 Å². The van der Waals surface area contributed by atoms with E-state index in [4.69, 9.17) is 0 Å². The second-order valence-electron chi connectivity index (χ2n) is 3.85. The van der Waals surface area contributed by atoms with Crippen molar-refractivity contribution in [3.8, 4) is 0 Å². The van der Waals surface area contributed by atoms with Crippen LogP contribution in [-0.4, -0.2) is 41.9 Å². The van der Waals surface area contributed by atoms with Crippen molar-refractivity contribution in [3.05, 3.63) is 60.5 Å². The summed E-state index contributed by atoms with van der Waals surface area (Å²) in [6.07, 6.45) is 0.985. The van der Waals surface area contributed by atoms with E-state index in [-0.39, 0.29) is 68.6 Å². The van der Waals surface area contributed by atoms with Crippen LogP contribution in [0.4, 0.5) is 0 Å². The Morgan fingerprint density at radius 2 is 1.53 bits per heavy atom. The zero-order valence-electron chi connectivity index (χ0n) is 13.0. The average molecular weight is 511 g/mol. The van der Waals surface area contributed by atoms with Crippen LogP contribution in [0.2, 0.25) is 0 Å². The molecule has 113 valence electrons. The van der Waals surface area contributed by atoms with Crippen LogP contribution in [0.3, 0.4) is 0 Å². The van der Waals surface area contributed by atoms with Gasteiger partial charge in [0.1, 0.15) is 0 Å². The molecule has 1 aliphatic rings. The summed E-state index contributed by atoms with van der Waals surface area (Å²) in [5.74, 6) is 0. The van der Waals surface area contributed by atoms with Crippen molar-refractivity contribution in [3.63, 3.8) is 0 Å². The van der Waals surface area contributed by atoms with Gasteiger partial charge >= 0.3 is 0 Å². The molecule has 5 heteroatoms. The molecule has 1 rings (SSSR count). The molecule has 1 radical (unpaired) electrons. The first-order valence-corrected chi connectivity index (χ1v) is 4.84. The van der Waals surface area contributed by atoms with Crippen molar-refractivity contribution in [1.29, 1.82) is 0 Å². The molecule has 0 aromatic rings. The summed E-state index contributed by atoms with van der Waals surface area (Å²) in [5, 5.41) is 0. The van der Waals surface area contributed by atoms with Crippen LogP contribution < -0.4 is 0 Å². The smallest absolute Gasteiger partial charge is 0.0218 e. The van der Waals surface area contributed by atoms with E-state index in [9.17, 15) is 0 Å². The van der Waals surface area contributed by atoms with E-state index in [0.717, 1.165) is 30.9 Å². The van der Waals surface area contributed by atoms with Gasteiger partial charge in [-0.25, -0.2) is 0 Å². The van der Waals surface area contributed by atoms with Gasteiger partial charge in [0.15, 0.2) is 0 Å². The van der Waals surface area contributed by atoms with Gasteiger partial charge in [-0.2, -0.15) is 0 Å². The Balaban J connectivity index is -0.0000000735. The number of nitrogens with zero attached hydrogens (tertiary/aromatic N) is 3. The first kappa shape index (κ1) is 32.1. The molecule has 1 saturated heterocycles. The monoisotopic (exact) mass is 511 g/mol. The normalized spacial score (nSPS) is 14.7. The molecule has 0 spiro atoms. The number of likely N-dealkylation sites (N-methyl/N-ethyl adjacent to an activating group) is 1. The fourth-order valence-electron chi connectivity index (χ4n) is 1.12. The Morgan fingerprint density at radius 1 is 1.16 bits per heavy atom. The zero-order chi connectivity index (χ0) is 12.0. The largest absolute Gasteiger partial charge is 0.613 e. The van der Waals surface area contributed by atoms with Crippen LogP contribution >= 0.6 is 0 Å².